The van der Waals surface area contributed by atoms with Gasteiger partial charge in [-0.3, -0.25) is 0 Å². The molecular formula is C16H13ClN4O2S. The molecule has 122 valence electrons. The van der Waals surface area contributed by atoms with Gasteiger partial charge in [0.1, 0.15) is 0 Å². The van der Waals surface area contributed by atoms with E-state index >= 15 is 0 Å². The molecule has 0 aliphatic carbocycles. The van der Waals surface area contributed by atoms with Crippen LogP contribution in [0.5, 0.6) is 0 Å². The van der Waals surface area contributed by atoms with Crippen molar-refractivity contribution in [3.05, 3.63) is 64.7 Å². The molecule has 1 heterocycles. The fourth-order valence-corrected chi connectivity index (χ4v) is 3.00. The fraction of sp³-hybridized carbons (Fsp3) is 0.0625. The van der Waals surface area contributed by atoms with Gasteiger partial charge in [0, 0.05) is 16.3 Å². The Labute approximate surface area is 147 Å². The zero-order valence-corrected chi connectivity index (χ0v) is 14.0. The summed E-state index contributed by atoms with van der Waals surface area (Å²) >= 11 is 7.30. The number of carboxylic acids is 1. The van der Waals surface area contributed by atoms with Crippen molar-refractivity contribution in [2.75, 3.05) is 5.84 Å². The Morgan fingerprint density at radius 2 is 1.79 bits per heavy atom. The lowest BCUT2D eigenvalue weighted by Crippen LogP contribution is -2.11. The number of benzene rings is 2. The number of nitrogens with two attached hydrogens (primary N) is 1. The molecule has 0 aliphatic rings. The number of nitrogens with zero attached hydrogens (tertiary/aromatic N) is 3. The van der Waals surface area contributed by atoms with Gasteiger partial charge in [0.05, 0.1) is 5.56 Å². The van der Waals surface area contributed by atoms with Crippen LogP contribution in [0.25, 0.3) is 11.4 Å². The van der Waals surface area contributed by atoms with Crippen LogP contribution in [0.1, 0.15) is 15.9 Å². The van der Waals surface area contributed by atoms with Crippen molar-refractivity contribution < 1.29 is 9.90 Å². The van der Waals surface area contributed by atoms with Crippen LogP contribution in [-0.4, -0.2) is 25.9 Å². The highest BCUT2D eigenvalue weighted by Crippen LogP contribution is 2.25. The first-order valence-electron chi connectivity index (χ1n) is 6.96. The zero-order chi connectivity index (χ0) is 17.1. The van der Waals surface area contributed by atoms with E-state index in [2.05, 4.69) is 10.2 Å². The third-order valence-corrected chi connectivity index (χ3v) is 4.60. The molecule has 0 unspecified atom stereocenters. The molecule has 0 spiro atoms. The van der Waals surface area contributed by atoms with Crippen LogP contribution >= 0.6 is 23.4 Å². The first-order valence-corrected chi connectivity index (χ1v) is 8.32. The second kappa shape index (κ2) is 6.94. The van der Waals surface area contributed by atoms with Crippen molar-refractivity contribution in [3.63, 3.8) is 0 Å². The molecular weight excluding hydrogens is 348 g/mol. The number of rotatable bonds is 5. The van der Waals surface area contributed by atoms with Crippen molar-refractivity contribution in [1.82, 2.24) is 14.9 Å². The maximum absolute atomic E-state index is 10.8. The predicted octanol–water partition coefficient (Wildman–Crippen LogP) is 3.30. The lowest BCUT2D eigenvalue weighted by Gasteiger charge is -2.04. The number of thioether (sulfide) groups is 1. The topological polar surface area (TPSA) is 94.0 Å². The van der Waals surface area contributed by atoms with Crippen LogP contribution in [0, 0.1) is 0 Å². The van der Waals surface area contributed by atoms with Gasteiger partial charge in [-0.05, 0) is 42.0 Å². The summed E-state index contributed by atoms with van der Waals surface area (Å²) in [6.07, 6.45) is 0. The van der Waals surface area contributed by atoms with E-state index in [4.69, 9.17) is 22.6 Å². The molecule has 0 aliphatic heterocycles. The van der Waals surface area contributed by atoms with Gasteiger partial charge in [-0.1, -0.05) is 35.5 Å². The van der Waals surface area contributed by atoms with Crippen LogP contribution < -0.4 is 5.84 Å². The average Bonchev–Trinajstić information content (AvgIpc) is 2.95. The second-order valence-electron chi connectivity index (χ2n) is 4.97. The molecule has 3 rings (SSSR count). The molecule has 0 bridgehead atoms. The van der Waals surface area contributed by atoms with Gasteiger partial charge in [-0.2, -0.15) is 0 Å². The third kappa shape index (κ3) is 3.52. The molecule has 24 heavy (non-hydrogen) atoms. The lowest BCUT2D eigenvalue weighted by molar-refractivity contribution is 0.0697. The Kier molecular flexibility index (Phi) is 4.73. The van der Waals surface area contributed by atoms with Gasteiger partial charge in [-0.15, -0.1) is 10.2 Å². The summed E-state index contributed by atoms with van der Waals surface area (Å²) in [4.78, 5) is 10.8. The van der Waals surface area contributed by atoms with E-state index < -0.39 is 5.97 Å². The molecule has 3 aromatic rings. The zero-order valence-electron chi connectivity index (χ0n) is 12.4. The largest absolute Gasteiger partial charge is 0.478 e. The van der Waals surface area contributed by atoms with E-state index in [0.717, 1.165) is 11.1 Å². The summed E-state index contributed by atoms with van der Waals surface area (Å²) in [5, 5.41) is 18.3. The summed E-state index contributed by atoms with van der Waals surface area (Å²) in [5.41, 5.74) is 2.06. The minimum absolute atomic E-state index is 0.260. The summed E-state index contributed by atoms with van der Waals surface area (Å²) in [6.45, 7) is 0. The van der Waals surface area contributed by atoms with Crippen LogP contribution in [0.4, 0.5) is 0 Å². The first kappa shape index (κ1) is 16.4. The summed E-state index contributed by atoms with van der Waals surface area (Å²) in [7, 11) is 0. The van der Waals surface area contributed by atoms with Gasteiger partial charge in [0.25, 0.3) is 0 Å². The Balaban J connectivity index is 1.72. The standard InChI is InChI=1S/C16H13ClN4O2S/c17-13-7-5-11(6-8-13)14-19-20-16(21(14)18)24-9-10-1-3-12(4-2-10)15(22)23/h1-8H,9,18H2,(H,22,23). The highest BCUT2D eigenvalue weighted by Gasteiger charge is 2.12. The second-order valence-corrected chi connectivity index (χ2v) is 6.35. The van der Waals surface area contributed by atoms with Crippen molar-refractivity contribution in [2.45, 2.75) is 10.9 Å². The maximum Gasteiger partial charge on any atom is 0.335 e. The predicted molar refractivity (Wildman–Crippen MR) is 93.6 cm³/mol. The minimum atomic E-state index is -0.941. The molecule has 0 atom stereocenters. The Morgan fingerprint density at radius 1 is 1.12 bits per heavy atom. The van der Waals surface area contributed by atoms with Gasteiger partial charge in [0.2, 0.25) is 5.16 Å². The third-order valence-electron chi connectivity index (χ3n) is 3.34. The number of halogens is 1. The SMILES string of the molecule is Nn1c(SCc2ccc(C(=O)O)cc2)nnc1-c1ccc(Cl)cc1. The lowest BCUT2D eigenvalue weighted by atomic mass is 10.1. The number of hydrogen-bond acceptors (Lipinski definition) is 5. The Morgan fingerprint density at radius 3 is 2.42 bits per heavy atom. The summed E-state index contributed by atoms with van der Waals surface area (Å²) in [5.74, 6) is 6.28. The van der Waals surface area contributed by atoms with Gasteiger partial charge in [-0.25, -0.2) is 9.47 Å². The number of carboxylic acid groups (broad SMARTS) is 1. The minimum Gasteiger partial charge on any atom is -0.478 e. The Bertz CT molecular complexity index is 863. The highest BCUT2D eigenvalue weighted by atomic mass is 35.5. The molecule has 6 nitrogen and oxygen atoms in total. The smallest absolute Gasteiger partial charge is 0.335 e. The number of hydrogen-bond donors (Lipinski definition) is 2. The van der Waals surface area contributed by atoms with Crippen LogP contribution in [0.15, 0.2) is 53.7 Å². The van der Waals surface area contributed by atoms with E-state index in [1.807, 2.05) is 12.1 Å². The number of nitrogen functional groups attached to an aromatic ring is 1. The quantitative estimate of drug-likeness (QED) is 0.535. The van der Waals surface area contributed by atoms with E-state index in [9.17, 15) is 4.79 Å². The molecule has 8 heteroatoms. The normalized spacial score (nSPS) is 10.7. The monoisotopic (exact) mass is 360 g/mol. The van der Waals surface area contributed by atoms with E-state index in [-0.39, 0.29) is 5.56 Å². The van der Waals surface area contributed by atoms with Crippen LogP contribution in [-0.2, 0) is 5.75 Å². The van der Waals surface area contributed by atoms with Gasteiger partial charge in [0.15, 0.2) is 5.82 Å². The van der Waals surface area contributed by atoms with Crippen molar-refractivity contribution >= 4 is 29.3 Å². The van der Waals surface area contributed by atoms with Crippen molar-refractivity contribution in [3.8, 4) is 11.4 Å². The highest BCUT2D eigenvalue weighted by molar-refractivity contribution is 7.98. The van der Waals surface area contributed by atoms with Crippen LogP contribution in [0.2, 0.25) is 5.02 Å². The van der Waals surface area contributed by atoms with Gasteiger partial charge >= 0.3 is 5.97 Å². The van der Waals surface area contributed by atoms with Crippen LogP contribution in [0.3, 0.4) is 0 Å². The van der Waals surface area contributed by atoms with E-state index in [0.29, 0.717) is 21.8 Å². The molecule has 0 saturated heterocycles. The fourth-order valence-electron chi connectivity index (χ4n) is 2.06. The maximum atomic E-state index is 10.8. The van der Waals surface area contributed by atoms with Crippen molar-refractivity contribution in [1.29, 1.82) is 0 Å². The molecule has 1 aromatic heterocycles. The average molecular weight is 361 g/mol. The first-order chi connectivity index (χ1) is 11.5. The Hall–Kier alpha value is -2.51. The van der Waals surface area contributed by atoms with Crippen molar-refractivity contribution in [2.24, 2.45) is 0 Å². The number of aromatic nitrogens is 3. The number of carbonyl (C=O) groups is 1. The molecule has 2 aromatic carbocycles. The number of aromatic carboxylic acids is 1. The molecule has 0 fully saturated rings. The molecule has 0 amide bonds. The molecule has 3 N–H and O–H groups in total. The summed E-state index contributed by atoms with van der Waals surface area (Å²) in [6, 6.07) is 13.9. The van der Waals surface area contributed by atoms with E-state index in [1.165, 1.54) is 16.4 Å². The van der Waals surface area contributed by atoms with E-state index in [1.54, 1.807) is 36.4 Å². The molecule has 0 radical (unpaired) electrons. The van der Waals surface area contributed by atoms with Gasteiger partial charge < -0.3 is 10.9 Å². The molecule has 0 saturated carbocycles. The summed E-state index contributed by atoms with van der Waals surface area (Å²) < 4.78 is 1.43.